The molecule has 0 aromatic heterocycles. The fourth-order valence-electron chi connectivity index (χ4n) is 1.04. The molecule has 0 bridgehead atoms. The van der Waals surface area contributed by atoms with Crippen molar-refractivity contribution in [1.82, 2.24) is 0 Å². The molecule has 0 amide bonds. The Balaban J connectivity index is 3.63. The van der Waals surface area contributed by atoms with E-state index in [9.17, 15) is 13.5 Å². The van der Waals surface area contributed by atoms with E-state index < -0.39 is 19.7 Å². The van der Waals surface area contributed by atoms with Crippen LogP contribution < -0.4 is 0 Å². The molecule has 0 aliphatic heterocycles. The van der Waals surface area contributed by atoms with Gasteiger partial charge < -0.3 is 5.11 Å². The quantitative estimate of drug-likeness (QED) is 0.655. The minimum Gasteiger partial charge on any atom is -0.507 e. The van der Waals surface area contributed by atoms with Crippen LogP contribution in [0.2, 0.25) is 0 Å². The van der Waals surface area contributed by atoms with E-state index in [0.29, 0.717) is 5.56 Å². The molecule has 0 aliphatic carbocycles. The molecule has 0 fully saturated rings. The summed E-state index contributed by atoms with van der Waals surface area (Å²) in [6, 6.07) is 3.94. The van der Waals surface area contributed by atoms with Gasteiger partial charge >= 0.3 is 0 Å². The number of alkyl halides is 1. The highest BCUT2D eigenvalue weighted by Crippen LogP contribution is 2.29. The second-order valence-corrected chi connectivity index (χ2v) is 5.47. The maximum atomic E-state index is 11.1. The van der Waals surface area contributed by atoms with E-state index in [2.05, 4.69) is 0 Å². The Hall–Kier alpha value is -0.960. The summed E-state index contributed by atoms with van der Waals surface area (Å²) < 4.78 is 22.2. The maximum Gasteiger partial charge on any atom is 0.262 e. The Morgan fingerprint density at radius 3 is 2.47 bits per heavy atom. The van der Waals surface area contributed by atoms with Gasteiger partial charge in [0.25, 0.3) is 9.05 Å². The number of halogens is 2. The Morgan fingerprint density at radius 1 is 1.47 bits per heavy atom. The summed E-state index contributed by atoms with van der Waals surface area (Å²) in [5.41, 5.74) is -0.00809. The van der Waals surface area contributed by atoms with Gasteiger partial charge in [-0.05, 0) is 17.7 Å². The third-order valence-electron chi connectivity index (χ3n) is 1.67. The molecule has 0 unspecified atom stereocenters. The molecule has 1 aromatic carbocycles. The Morgan fingerprint density at radius 2 is 2.07 bits per heavy atom. The minimum atomic E-state index is -4.07. The van der Waals surface area contributed by atoms with E-state index in [-0.39, 0.29) is 11.4 Å². The number of nitriles is 1. The topological polar surface area (TPSA) is 78.2 Å². The molecule has 7 heteroatoms. The van der Waals surface area contributed by atoms with Crippen LogP contribution >= 0.6 is 22.3 Å². The summed E-state index contributed by atoms with van der Waals surface area (Å²) in [4.78, 5) is -0.428. The number of hydrogen-bond acceptors (Lipinski definition) is 4. The second kappa shape index (κ2) is 4.27. The molecule has 1 N–H and O–H groups in total. The fraction of sp³-hybridized carbons (Fsp3) is 0.125. The van der Waals surface area contributed by atoms with Gasteiger partial charge in [-0.3, -0.25) is 0 Å². The zero-order chi connectivity index (χ0) is 11.6. The van der Waals surface area contributed by atoms with Gasteiger partial charge in [0.05, 0.1) is 0 Å². The van der Waals surface area contributed by atoms with Crippen LogP contribution in [0, 0.1) is 11.3 Å². The molecule has 0 saturated heterocycles. The number of nitrogens with zero attached hydrogens (tertiary/aromatic N) is 1. The van der Waals surface area contributed by atoms with E-state index in [4.69, 9.17) is 27.5 Å². The summed E-state index contributed by atoms with van der Waals surface area (Å²) >= 11 is 5.48. The third-order valence-corrected chi connectivity index (χ3v) is 3.32. The average molecular weight is 266 g/mol. The molecule has 80 valence electrons. The highest BCUT2D eigenvalue weighted by atomic mass is 35.7. The van der Waals surface area contributed by atoms with Gasteiger partial charge in [-0.2, -0.15) is 5.26 Å². The normalized spacial score (nSPS) is 11.0. The lowest BCUT2D eigenvalue weighted by atomic mass is 10.1. The minimum absolute atomic E-state index is 0.0126. The van der Waals surface area contributed by atoms with Crippen molar-refractivity contribution in [3.63, 3.8) is 0 Å². The zero-order valence-corrected chi connectivity index (χ0v) is 9.57. The maximum absolute atomic E-state index is 11.1. The van der Waals surface area contributed by atoms with Gasteiger partial charge in [0.1, 0.15) is 22.3 Å². The largest absolute Gasteiger partial charge is 0.507 e. The van der Waals surface area contributed by atoms with Crippen molar-refractivity contribution in [3.05, 3.63) is 23.3 Å². The van der Waals surface area contributed by atoms with Crippen LogP contribution in [0.5, 0.6) is 5.75 Å². The predicted molar refractivity (Wildman–Crippen MR) is 55.4 cm³/mol. The van der Waals surface area contributed by atoms with E-state index in [1.807, 2.05) is 0 Å². The monoisotopic (exact) mass is 265 g/mol. The number of rotatable bonds is 2. The molecule has 1 rings (SSSR count). The van der Waals surface area contributed by atoms with Crippen LogP contribution in [0.3, 0.4) is 0 Å². The number of phenolic OH excluding ortho intramolecular Hbond substituents is 1. The SMILES string of the molecule is N#Cc1c(O)cc(CCl)cc1S(=O)(=O)Cl. The van der Waals surface area contributed by atoms with Crippen molar-refractivity contribution >= 4 is 31.3 Å². The van der Waals surface area contributed by atoms with Crippen molar-refractivity contribution in [1.29, 1.82) is 5.26 Å². The molecular weight excluding hydrogens is 261 g/mol. The summed E-state index contributed by atoms with van der Waals surface area (Å²) in [5.74, 6) is -0.437. The van der Waals surface area contributed by atoms with Gasteiger partial charge in [-0.1, -0.05) is 0 Å². The van der Waals surface area contributed by atoms with Crippen LogP contribution in [-0.4, -0.2) is 13.5 Å². The Bertz CT molecular complexity index is 534. The first-order valence-corrected chi connectivity index (χ1v) is 6.51. The lowest BCUT2D eigenvalue weighted by Crippen LogP contribution is -1.97. The molecule has 1 aromatic rings. The van der Waals surface area contributed by atoms with Crippen molar-refractivity contribution < 1.29 is 13.5 Å². The molecule has 0 heterocycles. The van der Waals surface area contributed by atoms with Crippen molar-refractivity contribution in [3.8, 4) is 11.8 Å². The first kappa shape index (κ1) is 12.1. The third kappa shape index (κ3) is 2.53. The molecule has 0 aliphatic rings. The van der Waals surface area contributed by atoms with Gasteiger partial charge in [0, 0.05) is 16.6 Å². The first-order chi connectivity index (χ1) is 6.90. The van der Waals surface area contributed by atoms with Crippen LogP contribution in [0.4, 0.5) is 0 Å². The number of aromatic hydroxyl groups is 1. The first-order valence-electron chi connectivity index (χ1n) is 3.66. The number of phenols is 1. The van der Waals surface area contributed by atoms with Crippen LogP contribution in [0.25, 0.3) is 0 Å². The predicted octanol–water partition coefficient (Wildman–Crippen LogP) is 1.93. The Kier molecular flexibility index (Phi) is 3.45. The van der Waals surface area contributed by atoms with E-state index in [1.165, 1.54) is 6.07 Å². The zero-order valence-electron chi connectivity index (χ0n) is 7.24. The van der Waals surface area contributed by atoms with Gasteiger partial charge in [-0.15, -0.1) is 11.6 Å². The van der Waals surface area contributed by atoms with Crippen molar-refractivity contribution in [2.75, 3.05) is 0 Å². The standard InChI is InChI=1S/C8H5Cl2NO3S/c9-3-5-1-7(12)6(4-11)8(2-5)15(10,13)14/h1-2,12H,3H2. The van der Waals surface area contributed by atoms with Crippen LogP contribution in [0.1, 0.15) is 11.1 Å². The summed E-state index contributed by atoms with van der Waals surface area (Å²) in [6.45, 7) is 0. The fourth-order valence-corrected chi connectivity index (χ4v) is 2.24. The molecule has 0 atom stereocenters. The lowest BCUT2D eigenvalue weighted by Gasteiger charge is -2.04. The second-order valence-electron chi connectivity index (χ2n) is 2.67. The summed E-state index contributed by atoms with van der Waals surface area (Å²) in [7, 11) is 1.04. The van der Waals surface area contributed by atoms with E-state index >= 15 is 0 Å². The number of hydrogen-bond donors (Lipinski definition) is 1. The van der Waals surface area contributed by atoms with Crippen molar-refractivity contribution in [2.45, 2.75) is 10.8 Å². The van der Waals surface area contributed by atoms with Gasteiger partial charge in [0.15, 0.2) is 0 Å². The molecule has 0 spiro atoms. The molecule has 15 heavy (non-hydrogen) atoms. The lowest BCUT2D eigenvalue weighted by molar-refractivity contribution is 0.470. The molecule has 0 saturated carbocycles. The summed E-state index contributed by atoms with van der Waals surface area (Å²) in [5, 5.41) is 18.0. The molecule has 4 nitrogen and oxygen atoms in total. The van der Waals surface area contributed by atoms with Crippen LogP contribution in [-0.2, 0) is 14.9 Å². The summed E-state index contributed by atoms with van der Waals surface area (Å²) in [6.07, 6.45) is 0. The van der Waals surface area contributed by atoms with Gasteiger partial charge in [-0.25, -0.2) is 8.42 Å². The highest BCUT2D eigenvalue weighted by Gasteiger charge is 2.19. The number of benzene rings is 1. The molecular formula is C8H5Cl2NO3S. The highest BCUT2D eigenvalue weighted by molar-refractivity contribution is 8.13. The van der Waals surface area contributed by atoms with Crippen molar-refractivity contribution in [2.24, 2.45) is 0 Å². The molecule has 0 radical (unpaired) electrons. The van der Waals surface area contributed by atoms with Gasteiger partial charge in [0.2, 0.25) is 0 Å². The average Bonchev–Trinajstić information content (AvgIpc) is 2.15. The Labute approximate surface area is 96.1 Å². The van der Waals surface area contributed by atoms with E-state index in [1.54, 1.807) is 6.07 Å². The smallest absolute Gasteiger partial charge is 0.262 e. The van der Waals surface area contributed by atoms with Crippen LogP contribution in [0.15, 0.2) is 17.0 Å². The van der Waals surface area contributed by atoms with E-state index in [0.717, 1.165) is 6.07 Å².